The first kappa shape index (κ1) is 12.1. The van der Waals surface area contributed by atoms with Crippen LogP contribution in [0.4, 0.5) is 0 Å². The molecule has 2 unspecified atom stereocenters. The van der Waals surface area contributed by atoms with Gasteiger partial charge in [-0.3, -0.25) is 0 Å². The van der Waals surface area contributed by atoms with E-state index in [0.29, 0.717) is 5.92 Å². The van der Waals surface area contributed by atoms with Crippen LogP contribution in [0.15, 0.2) is 18.6 Å². The lowest BCUT2D eigenvalue weighted by molar-refractivity contribution is 0.171. The van der Waals surface area contributed by atoms with Gasteiger partial charge in [-0.25, -0.2) is 9.97 Å². The van der Waals surface area contributed by atoms with Gasteiger partial charge < -0.3 is 10.1 Å². The highest BCUT2D eigenvalue weighted by atomic mass is 16.5. The van der Waals surface area contributed by atoms with Crippen LogP contribution in [-0.4, -0.2) is 30.7 Å². The number of nitrogens with one attached hydrogen (secondary N) is 1. The van der Waals surface area contributed by atoms with Crippen molar-refractivity contribution in [3.8, 4) is 0 Å². The molecular weight excluding hydrogens is 190 g/mol. The fraction of sp³-hybridized carbons (Fsp3) is 0.636. The number of rotatable bonds is 6. The molecule has 84 valence electrons. The van der Waals surface area contributed by atoms with Crippen LogP contribution in [0.2, 0.25) is 0 Å². The van der Waals surface area contributed by atoms with E-state index in [2.05, 4.69) is 22.2 Å². The summed E-state index contributed by atoms with van der Waals surface area (Å²) in [5.74, 6) is 0.491. The van der Waals surface area contributed by atoms with Crippen molar-refractivity contribution in [1.82, 2.24) is 15.3 Å². The zero-order valence-electron chi connectivity index (χ0n) is 9.60. The van der Waals surface area contributed by atoms with E-state index >= 15 is 0 Å². The molecule has 1 rings (SSSR count). The quantitative estimate of drug-likeness (QED) is 0.769. The van der Waals surface area contributed by atoms with Crippen molar-refractivity contribution in [3.05, 3.63) is 24.3 Å². The van der Waals surface area contributed by atoms with Crippen molar-refractivity contribution in [2.24, 2.45) is 5.92 Å². The normalized spacial score (nSPS) is 14.9. The van der Waals surface area contributed by atoms with Gasteiger partial charge in [-0.05, 0) is 25.5 Å². The predicted octanol–water partition coefficient (Wildman–Crippen LogP) is 1.41. The summed E-state index contributed by atoms with van der Waals surface area (Å²) in [7, 11) is 3.68. The Hall–Kier alpha value is -1.00. The maximum absolute atomic E-state index is 5.08. The number of nitrogens with zero attached hydrogens (tertiary/aromatic N) is 2. The topological polar surface area (TPSA) is 47.0 Å². The molecule has 0 aliphatic carbocycles. The molecule has 0 fully saturated rings. The van der Waals surface area contributed by atoms with Crippen LogP contribution in [-0.2, 0) is 4.74 Å². The highest BCUT2D eigenvalue weighted by molar-refractivity contribution is 5.05. The first-order valence-corrected chi connectivity index (χ1v) is 5.21. The van der Waals surface area contributed by atoms with Gasteiger partial charge in [0.05, 0.1) is 11.7 Å². The monoisotopic (exact) mass is 209 g/mol. The van der Waals surface area contributed by atoms with E-state index in [0.717, 1.165) is 18.7 Å². The second-order valence-corrected chi connectivity index (χ2v) is 3.66. The van der Waals surface area contributed by atoms with Crippen molar-refractivity contribution in [2.45, 2.75) is 19.4 Å². The highest BCUT2D eigenvalue weighted by Crippen LogP contribution is 2.21. The molecule has 0 aliphatic rings. The minimum absolute atomic E-state index is 0.267. The zero-order valence-corrected chi connectivity index (χ0v) is 9.60. The van der Waals surface area contributed by atoms with Gasteiger partial charge in [-0.15, -0.1) is 0 Å². The molecule has 15 heavy (non-hydrogen) atoms. The highest BCUT2D eigenvalue weighted by Gasteiger charge is 2.17. The number of aromatic nitrogens is 2. The molecule has 1 heterocycles. The molecule has 0 saturated heterocycles. The van der Waals surface area contributed by atoms with Gasteiger partial charge in [0.2, 0.25) is 0 Å². The second-order valence-electron chi connectivity index (χ2n) is 3.66. The summed E-state index contributed by atoms with van der Waals surface area (Å²) in [6, 6.07) is 2.22. The van der Waals surface area contributed by atoms with Gasteiger partial charge in [0.15, 0.2) is 0 Å². The first-order chi connectivity index (χ1) is 7.29. The van der Waals surface area contributed by atoms with Crippen molar-refractivity contribution < 1.29 is 4.74 Å². The summed E-state index contributed by atoms with van der Waals surface area (Å²) >= 11 is 0. The Kier molecular flexibility index (Phi) is 5.21. The van der Waals surface area contributed by atoms with Gasteiger partial charge in [-0.1, -0.05) is 6.92 Å². The Balaban J connectivity index is 2.63. The molecule has 2 atom stereocenters. The Morgan fingerprint density at radius 2 is 2.33 bits per heavy atom. The van der Waals surface area contributed by atoms with Crippen molar-refractivity contribution >= 4 is 0 Å². The third kappa shape index (κ3) is 3.57. The lowest BCUT2D eigenvalue weighted by Gasteiger charge is -2.22. The number of hydrogen-bond acceptors (Lipinski definition) is 4. The van der Waals surface area contributed by atoms with E-state index in [-0.39, 0.29) is 6.04 Å². The predicted molar refractivity (Wildman–Crippen MR) is 59.5 cm³/mol. The van der Waals surface area contributed by atoms with Crippen LogP contribution in [0.1, 0.15) is 25.1 Å². The molecule has 0 amide bonds. The van der Waals surface area contributed by atoms with E-state index in [4.69, 9.17) is 4.74 Å². The van der Waals surface area contributed by atoms with Gasteiger partial charge >= 0.3 is 0 Å². The molecule has 0 aromatic carbocycles. The average Bonchev–Trinajstić information content (AvgIpc) is 2.29. The minimum Gasteiger partial charge on any atom is -0.385 e. The van der Waals surface area contributed by atoms with E-state index in [1.54, 1.807) is 19.6 Å². The summed E-state index contributed by atoms with van der Waals surface area (Å²) in [6.07, 6.45) is 4.38. The fourth-order valence-corrected chi connectivity index (χ4v) is 1.68. The maximum Gasteiger partial charge on any atom is 0.115 e. The van der Waals surface area contributed by atoms with Crippen molar-refractivity contribution in [3.63, 3.8) is 0 Å². The summed E-state index contributed by atoms with van der Waals surface area (Å²) in [5, 5.41) is 3.28. The summed E-state index contributed by atoms with van der Waals surface area (Å²) in [6.45, 7) is 2.98. The van der Waals surface area contributed by atoms with Crippen LogP contribution >= 0.6 is 0 Å². The maximum atomic E-state index is 5.08. The van der Waals surface area contributed by atoms with Crippen LogP contribution in [0.5, 0.6) is 0 Å². The lowest BCUT2D eigenvalue weighted by Crippen LogP contribution is -2.25. The summed E-state index contributed by atoms with van der Waals surface area (Å²) in [5.41, 5.74) is 1.04. The van der Waals surface area contributed by atoms with Crippen LogP contribution < -0.4 is 5.32 Å². The Morgan fingerprint density at radius 1 is 1.53 bits per heavy atom. The first-order valence-electron chi connectivity index (χ1n) is 5.21. The molecule has 1 aromatic heterocycles. The largest absolute Gasteiger partial charge is 0.385 e. The minimum atomic E-state index is 0.267. The number of hydrogen-bond donors (Lipinski definition) is 1. The van der Waals surface area contributed by atoms with Gasteiger partial charge in [0.25, 0.3) is 0 Å². The molecule has 4 heteroatoms. The molecular formula is C11H19N3O. The van der Waals surface area contributed by atoms with E-state index in [1.165, 1.54) is 0 Å². The van der Waals surface area contributed by atoms with Crippen molar-refractivity contribution in [2.75, 3.05) is 20.8 Å². The molecule has 1 N–H and O–H groups in total. The zero-order chi connectivity index (χ0) is 11.1. The third-order valence-electron chi connectivity index (χ3n) is 2.58. The second kappa shape index (κ2) is 6.48. The van der Waals surface area contributed by atoms with E-state index < -0.39 is 0 Å². The van der Waals surface area contributed by atoms with Crippen LogP contribution in [0.3, 0.4) is 0 Å². The fourth-order valence-electron chi connectivity index (χ4n) is 1.68. The summed E-state index contributed by atoms with van der Waals surface area (Å²) < 4.78 is 5.08. The van der Waals surface area contributed by atoms with E-state index in [9.17, 15) is 0 Å². The SMILES string of the molecule is CNC(c1ccncn1)C(C)CCOC. The standard InChI is InChI=1S/C11H19N3O/c1-9(5-7-15-3)11(12-2)10-4-6-13-8-14-10/h4,6,8-9,11-12H,5,7H2,1-3H3. The molecule has 0 saturated carbocycles. The average molecular weight is 209 g/mol. The molecule has 0 radical (unpaired) electrons. The van der Waals surface area contributed by atoms with E-state index in [1.807, 2.05) is 13.1 Å². The molecule has 0 spiro atoms. The Labute approximate surface area is 91.1 Å². The third-order valence-corrected chi connectivity index (χ3v) is 2.58. The van der Waals surface area contributed by atoms with Crippen molar-refractivity contribution in [1.29, 1.82) is 0 Å². The van der Waals surface area contributed by atoms with Gasteiger partial charge in [-0.2, -0.15) is 0 Å². The molecule has 1 aromatic rings. The Bertz CT molecular complexity index is 266. The molecule has 0 aliphatic heterocycles. The van der Waals surface area contributed by atoms with Gasteiger partial charge in [0, 0.05) is 19.9 Å². The lowest BCUT2D eigenvalue weighted by atomic mass is 9.96. The molecule has 0 bridgehead atoms. The summed E-state index contributed by atoms with van der Waals surface area (Å²) in [4.78, 5) is 8.18. The van der Waals surface area contributed by atoms with Crippen LogP contribution in [0, 0.1) is 5.92 Å². The van der Waals surface area contributed by atoms with Gasteiger partial charge in [0.1, 0.15) is 6.33 Å². The number of ether oxygens (including phenoxy) is 1. The Morgan fingerprint density at radius 3 is 2.87 bits per heavy atom. The van der Waals surface area contributed by atoms with Crippen LogP contribution in [0.25, 0.3) is 0 Å². The molecule has 4 nitrogen and oxygen atoms in total. The number of methoxy groups -OCH3 is 1. The smallest absolute Gasteiger partial charge is 0.115 e.